The SMILES string of the molecule is COc1cc(/C=C/C(=O)NC2CC2c2ccccc2)cc(OC)c1. The van der Waals surface area contributed by atoms with Gasteiger partial charge >= 0.3 is 0 Å². The summed E-state index contributed by atoms with van der Waals surface area (Å²) >= 11 is 0. The molecule has 0 radical (unpaired) electrons. The molecule has 2 unspecified atom stereocenters. The summed E-state index contributed by atoms with van der Waals surface area (Å²) in [7, 11) is 3.21. The van der Waals surface area contributed by atoms with Gasteiger partial charge in [0, 0.05) is 24.1 Å². The number of hydrogen-bond acceptors (Lipinski definition) is 3. The Bertz CT molecular complexity index is 718. The van der Waals surface area contributed by atoms with Crippen LogP contribution in [-0.2, 0) is 4.79 Å². The zero-order chi connectivity index (χ0) is 16.9. The fourth-order valence-electron chi connectivity index (χ4n) is 2.75. The van der Waals surface area contributed by atoms with Crippen molar-refractivity contribution in [3.8, 4) is 11.5 Å². The summed E-state index contributed by atoms with van der Waals surface area (Å²) in [4.78, 5) is 12.1. The van der Waals surface area contributed by atoms with Gasteiger partial charge in [-0.1, -0.05) is 30.3 Å². The number of ether oxygens (including phenoxy) is 2. The predicted octanol–water partition coefficient (Wildman–Crippen LogP) is 3.39. The van der Waals surface area contributed by atoms with Crippen molar-refractivity contribution in [2.24, 2.45) is 0 Å². The molecule has 124 valence electrons. The van der Waals surface area contributed by atoms with Crippen LogP contribution in [0, 0.1) is 0 Å². The topological polar surface area (TPSA) is 47.6 Å². The summed E-state index contributed by atoms with van der Waals surface area (Å²) in [5, 5.41) is 3.04. The average Bonchev–Trinajstić information content (AvgIpc) is 3.39. The van der Waals surface area contributed by atoms with E-state index in [1.807, 2.05) is 30.3 Å². The third-order valence-electron chi connectivity index (χ3n) is 4.15. The van der Waals surface area contributed by atoms with Crippen LogP contribution in [0.5, 0.6) is 11.5 Å². The van der Waals surface area contributed by atoms with Crippen molar-refractivity contribution < 1.29 is 14.3 Å². The number of benzene rings is 2. The number of nitrogens with one attached hydrogen (secondary N) is 1. The third-order valence-corrected chi connectivity index (χ3v) is 4.15. The molecule has 1 aliphatic carbocycles. The van der Waals surface area contributed by atoms with Crippen LogP contribution in [0.2, 0.25) is 0 Å². The molecule has 0 aromatic heterocycles. The predicted molar refractivity (Wildman–Crippen MR) is 94.3 cm³/mol. The van der Waals surface area contributed by atoms with E-state index < -0.39 is 0 Å². The highest BCUT2D eigenvalue weighted by Gasteiger charge is 2.38. The lowest BCUT2D eigenvalue weighted by atomic mass is 10.1. The van der Waals surface area contributed by atoms with Gasteiger partial charge in [0.1, 0.15) is 11.5 Å². The van der Waals surface area contributed by atoms with Gasteiger partial charge in [-0.15, -0.1) is 0 Å². The molecule has 4 nitrogen and oxygen atoms in total. The molecule has 0 bridgehead atoms. The van der Waals surface area contributed by atoms with Gasteiger partial charge in [-0.05, 0) is 35.8 Å². The molecule has 2 atom stereocenters. The van der Waals surface area contributed by atoms with Gasteiger partial charge in [-0.2, -0.15) is 0 Å². The fourth-order valence-corrected chi connectivity index (χ4v) is 2.75. The van der Waals surface area contributed by atoms with E-state index >= 15 is 0 Å². The Morgan fingerprint density at radius 1 is 1.08 bits per heavy atom. The molecule has 1 saturated carbocycles. The highest BCUT2D eigenvalue weighted by atomic mass is 16.5. The number of hydrogen-bond donors (Lipinski definition) is 1. The smallest absolute Gasteiger partial charge is 0.244 e. The minimum absolute atomic E-state index is 0.0831. The van der Waals surface area contributed by atoms with Crippen molar-refractivity contribution in [3.05, 3.63) is 65.7 Å². The third kappa shape index (κ3) is 3.96. The summed E-state index contributed by atoms with van der Waals surface area (Å²) in [6.45, 7) is 0. The maximum Gasteiger partial charge on any atom is 0.244 e. The van der Waals surface area contributed by atoms with Gasteiger partial charge in [0.05, 0.1) is 14.2 Å². The van der Waals surface area contributed by atoms with Gasteiger partial charge in [0.15, 0.2) is 0 Å². The monoisotopic (exact) mass is 323 g/mol. The lowest BCUT2D eigenvalue weighted by Crippen LogP contribution is -2.24. The van der Waals surface area contributed by atoms with Crippen LogP contribution in [0.4, 0.5) is 0 Å². The highest BCUT2D eigenvalue weighted by molar-refractivity contribution is 5.92. The molecule has 3 rings (SSSR count). The Morgan fingerprint density at radius 3 is 2.38 bits per heavy atom. The van der Waals surface area contributed by atoms with Crippen molar-refractivity contribution in [2.45, 2.75) is 18.4 Å². The van der Waals surface area contributed by atoms with E-state index in [9.17, 15) is 4.79 Å². The number of methoxy groups -OCH3 is 2. The zero-order valence-electron chi connectivity index (χ0n) is 13.9. The fraction of sp³-hybridized carbons (Fsp3) is 0.250. The second kappa shape index (κ2) is 7.21. The van der Waals surface area contributed by atoms with E-state index in [0.29, 0.717) is 17.4 Å². The molecule has 0 heterocycles. The lowest BCUT2D eigenvalue weighted by Gasteiger charge is -2.06. The molecule has 24 heavy (non-hydrogen) atoms. The molecule has 4 heteroatoms. The van der Waals surface area contributed by atoms with Crippen molar-refractivity contribution in [1.82, 2.24) is 5.32 Å². The average molecular weight is 323 g/mol. The quantitative estimate of drug-likeness (QED) is 0.829. The molecule has 1 amide bonds. The number of carbonyl (C=O) groups excluding carboxylic acids is 1. The Labute approximate surface area is 142 Å². The Hall–Kier alpha value is -2.75. The van der Waals surface area contributed by atoms with Crippen molar-refractivity contribution >= 4 is 12.0 Å². The van der Waals surface area contributed by atoms with Crippen molar-refractivity contribution in [1.29, 1.82) is 0 Å². The van der Waals surface area contributed by atoms with E-state index in [2.05, 4.69) is 17.4 Å². The molecule has 0 saturated heterocycles. The van der Waals surface area contributed by atoms with Crippen molar-refractivity contribution in [3.63, 3.8) is 0 Å². The summed E-state index contributed by atoms with van der Waals surface area (Å²) in [5.41, 5.74) is 2.14. The molecule has 0 spiro atoms. The Kier molecular flexibility index (Phi) is 4.85. The molecular weight excluding hydrogens is 302 g/mol. The summed E-state index contributed by atoms with van der Waals surface area (Å²) in [5.74, 6) is 1.74. The minimum Gasteiger partial charge on any atom is -0.497 e. The van der Waals surface area contributed by atoms with Crippen molar-refractivity contribution in [2.75, 3.05) is 14.2 Å². The molecule has 1 fully saturated rings. The van der Waals surface area contributed by atoms with Crippen LogP contribution in [-0.4, -0.2) is 26.2 Å². The summed E-state index contributed by atoms with van der Waals surface area (Å²) in [6.07, 6.45) is 4.31. The molecular formula is C20H21NO3. The van der Waals surface area contributed by atoms with Crippen LogP contribution in [0.25, 0.3) is 6.08 Å². The maximum absolute atomic E-state index is 12.1. The van der Waals surface area contributed by atoms with E-state index in [-0.39, 0.29) is 11.9 Å². The molecule has 2 aromatic rings. The van der Waals surface area contributed by atoms with Crippen LogP contribution in [0.3, 0.4) is 0 Å². The normalized spacial score (nSPS) is 19.1. The maximum atomic E-state index is 12.1. The first-order valence-corrected chi connectivity index (χ1v) is 7.96. The van der Waals surface area contributed by atoms with Crippen LogP contribution >= 0.6 is 0 Å². The second-order valence-electron chi connectivity index (χ2n) is 5.85. The second-order valence-corrected chi connectivity index (χ2v) is 5.85. The minimum atomic E-state index is -0.0831. The molecule has 1 N–H and O–H groups in total. The lowest BCUT2D eigenvalue weighted by molar-refractivity contribution is -0.116. The standard InChI is InChI=1S/C20H21NO3/c1-23-16-10-14(11-17(12-16)24-2)8-9-20(22)21-19-13-18(19)15-6-4-3-5-7-15/h3-12,18-19H,13H2,1-2H3,(H,21,22)/b9-8+. The first-order chi connectivity index (χ1) is 11.7. The van der Waals surface area contributed by atoms with Crippen LogP contribution < -0.4 is 14.8 Å². The Morgan fingerprint density at radius 2 is 1.75 bits per heavy atom. The molecule has 1 aliphatic rings. The number of carbonyl (C=O) groups is 1. The molecule has 0 aliphatic heterocycles. The summed E-state index contributed by atoms with van der Waals surface area (Å²) < 4.78 is 10.5. The summed E-state index contributed by atoms with van der Waals surface area (Å²) in [6, 6.07) is 16.0. The van der Waals surface area contributed by atoms with Gasteiger partial charge in [0.2, 0.25) is 5.91 Å². The van der Waals surface area contributed by atoms with Gasteiger partial charge < -0.3 is 14.8 Å². The van der Waals surface area contributed by atoms with E-state index in [1.54, 1.807) is 32.4 Å². The van der Waals surface area contributed by atoms with E-state index in [4.69, 9.17) is 9.47 Å². The Balaban J connectivity index is 1.59. The van der Waals surface area contributed by atoms with Gasteiger partial charge in [-0.25, -0.2) is 0 Å². The first-order valence-electron chi connectivity index (χ1n) is 7.96. The van der Waals surface area contributed by atoms with Crippen LogP contribution in [0.1, 0.15) is 23.5 Å². The van der Waals surface area contributed by atoms with E-state index in [0.717, 1.165) is 12.0 Å². The first kappa shape index (κ1) is 16.1. The number of amides is 1. The zero-order valence-corrected chi connectivity index (χ0v) is 13.9. The largest absolute Gasteiger partial charge is 0.497 e. The number of rotatable bonds is 6. The van der Waals surface area contributed by atoms with Crippen LogP contribution in [0.15, 0.2) is 54.6 Å². The highest BCUT2D eigenvalue weighted by Crippen LogP contribution is 2.40. The van der Waals surface area contributed by atoms with E-state index in [1.165, 1.54) is 5.56 Å². The van der Waals surface area contributed by atoms with Gasteiger partial charge in [0.25, 0.3) is 0 Å². The molecule has 2 aromatic carbocycles. The van der Waals surface area contributed by atoms with Gasteiger partial charge in [-0.3, -0.25) is 4.79 Å².